The van der Waals surface area contributed by atoms with E-state index >= 15 is 0 Å². The van der Waals surface area contributed by atoms with Gasteiger partial charge in [-0.2, -0.15) is 17.6 Å². The third-order valence-corrected chi connectivity index (χ3v) is 5.34. The number of carbonyl (C=O) groups excluding carboxylic acids is 2. The van der Waals surface area contributed by atoms with Crippen molar-refractivity contribution in [1.29, 1.82) is 0 Å². The number of pyridine rings is 1. The van der Waals surface area contributed by atoms with Crippen LogP contribution in [0.5, 0.6) is 5.75 Å². The predicted molar refractivity (Wildman–Crippen MR) is 147 cm³/mol. The fourth-order valence-corrected chi connectivity index (χ4v) is 3.37. The molecule has 224 valence electrons. The van der Waals surface area contributed by atoms with E-state index in [2.05, 4.69) is 34.1 Å². The molecule has 3 rings (SSSR count). The second-order valence-electron chi connectivity index (χ2n) is 9.48. The highest BCUT2D eigenvalue weighted by Crippen LogP contribution is 2.32. The lowest BCUT2D eigenvalue weighted by molar-refractivity contribution is -0.253. The van der Waals surface area contributed by atoms with Crippen LogP contribution in [0.3, 0.4) is 0 Å². The first-order valence-electron chi connectivity index (χ1n) is 12.1. The number of alkyl halides is 4. The van der Waals surface area contributed by atoms with Crippen LogP contribution in [0.2, 0.25) is 5.02 Å². The van der Waals surface area contributed by atoms with Crippen molar-refractivity contribution in [2.45, 2.75) is 58.1 Å². The molecule has 1 heterocycles. The Balaban J connectivity index is 0.000000384. The van der Waals surface area contributed by atoms with Crippen LogP contribution < -0.4 is 21.5 Å². The number of aryl methyl sites for hydroxylation is 1. The molecule has 0 spiro atoms. The number of rotatable bonds is 8. The zero-order valence-corrected chi connectivity index (χ0v) is 23.6. The van der Waals surface area contributed by atoms with Crippen LogP contribution >= 0.6 is 11.6 Å². The summed E-state index contributed by atoms with van der Waals surface area (Å²) in [5.74, 6) is -2.52. The molecule has 0 fully saturated rings. The zero-order chi connectivity index (χ0) is 31.4. The first kappa shape index (κ1) is 35.1. The minimum Gasteiger partial charge on any atom is -0.428 e. The van der Waals surface area contributed by atoms with Crippen LogP contribution in [-0.4, -0.2) is 35.0 Å². The van der Waals surface area contributed by atoms with E-state index in [0.717, 1.165) is 12.1 Å². The Hall–Kier alpha value is -3.93. The number of nitrogens with two attached hydrogens (primary N) is 2. The number of urea groups is 1. The van der Waals surface area contributed by atoms with Gasteiger partial charge >= 0.3 is 18.6 Å². The Morgan fingerprint density at radius 3 is 2.10 bits per heavy atom. The number of hydrogen-bond acceptors (Lipinski definition) is 4. The molecule has 0 saturated carbocycles. The number of benzene rings is 2. The molecule has 41 heavy (non-hydrogen) atoms. The van der Waals surface area contributed by atoms with Gasteiger partial charge in [0, 0.05) is 35.8 Å². The summed E-state index contributed by atoms with van der Waals surface area (Å²) in [7, 11) is 0. The van der Waals surface area contributed by atoms with Crippen molar-refractivity contribution >= 4 is 23.5 Å². The Morgan fingerprint density at radius 1 is 1.05 bits per heavy atom. The number of primary amides is 2. The van der Waals surface area contributed by atoms with E-state index < -0.39 is 47.5 Å². The number of ether oxygens (including phenoxy) is 1. The molecule has 2 aromatic carbocycles. The summed E-state index contributed by atoms with van der Waals surface area (Å²) in [6.45, 7) is 7.07. The topological polar surface area (TPSA) is 120 Å². The number of carbonyl (C=O) groups is 2. The number of nitrogens with zero attached hydrogens (tertiary/aromatic N) is 1. The molecule has 3 aromatic rings. The Morgan fingerprint density at radius 2 is 1.66 bits per heavy atom. The van der Waals surface area contributed by atoms with Crippen molar-refractivity contribution in [3.8, 4) is 5.75 Å². The molecule has 0 aliphatic rings. The minimum atomic E-state index is -4.70. The SMILES string of the molecule is CC(C)(CC(N)=O)NC(N)=O.C[C@@H](c1cc(F)cc(OC(F)(F)C(F)F)c1)c1ccc(Cl)cn1.Cc1ccccc1. The Bertz CT molecular complexity index is 1250. The van der Waals surface area contributed by atoms with E-state index in [1.165, 1.54) is 11.8 Å². The van der Waals surface area contributed by atoms with Gasteiger partial charge < -0.3 is 21.5 Å². The minimum absolute atomic E-state index is 0.0793. The van der Waals surface area contributed by atoms with Crippen molar-refractivity contribution in [3.63, 3.8) is 0 Å². The third-order valence-electron chi connectivity index (χ3n) is 5.11. The van der Waals surface area contributed by atoms with E-state index in [-0.39, 0.29) is 12.0 Å². The highest BCUT2D eigenvalue weighted by Gasteiger charge is 2.44. The van der Waals surface area contributed by atoms with Gasteiger partial charge in [0.05, 0.1) is 5.02 Å². The Labute approximate surface area is 240 Å². The molecular weight excluding hydrogens is 571 g/mol. The van der Waals surface area contributed by atoms with Gasteiger partial charge in [-0.15, -0.1) is 0 Å². The van der Waals surface area contributed by atoms with Gasteiger partial charge in [-0.05, 0) is 50.6 Å². The number of nitrogens with one attached hydrogen (secondary N) is 1. The van der Waals surface area contributed by atoms with Gasteiger partial charge in [0.2, 0.25) is 5.91 Å². The quantitative estimate of drug-likeness (QED) is 0.253. The van der Waals surface area contributed by atoms with Crippen LogP contribution in [0.1, 0.15) is 49.9 Å². The lowest BCUT2D eigenvalue weighted by atomic mass is 9.97. The lowest BCUT2D eigenvalue weighted by Crippen LogP contribution is -2.48. The van der Waals surface area contributed by atoms with Crippen LogP contribution in [-0.2, 0) is 4.79 Å². The van der Waals surface area contributed by atoms with Crippen LogP contribution in [0.4, 0.5) is 26.7 Å². The second kappa shape index (κ2) is 15.8. The van der Waals surface area contributed by atoms with E-state index in [4.69, 9.17) is 23.1 Å². The summed E-state index contributed by atoms with van der Waals surface area (Å²) in [6.07, 6.45) is -7.26. The first-order valence-corrected chi connectivity index (χ1v) is 12.4. The fourth-order valence-electron chi connectivity index (χ4n) is 3.26. The van der Waals surface area contributed by atoms with Crippen molar-refractivity contribution in [2.75, 3.05) is 0 Å². The molecule has 3 amide bonds. The van der Waals surface area contributed by atoms with Gasteiger partial charge in [0.1, 0.15) is 11.6 Å². The van der Waals surface area contributed by atoms with Gasteiger partial charge in [-0.3, -0.25) is 9.78 Å². The fraction of sp³-hybridized carbons (Fsp3) is 0.321. The van der Waals surface area contributed by atoms with E-state index in [1.54, 1.807) is 32.9 Å². The summed E-state index contributed by atoms with van der Waals surface area (Å²) in [6, 6.07) is 15.5. The number of hydrogen-bond donors (Lipinski definition) is 3. The van der Waals surface area contributed by atoms with Crippen LogP contribution in [0, 0.1) is 12.7 Å². The van der Waals surface area contributed by atoms with E-state index in [1.807, 2.05) is 18.2 Å². The Kier molecular flexibility index (Phi) is 13.5. The molecule has 0 unspecified atom stereocenters. The van der Waals surface area contributed by atoms with Crippen molar-refractivity contribution in [2.24, 2.45) is 11.5 Å². The van der Waals surface area contributed by atoms with Crippen molar-refractivity contribution < 1.29 is 36.3 Å². The average Bonchev–Trinajstić information content (AvgIpc) is 2.83. The van der Waals surface area contributed by atoms with Crippen molar-refractivity contribution in [3.05, 3.63) is 94.5 Å². The molecule has 7 nitrogen and oxygen atoms in total. The molecule has 5 N–H and O–H groups in total. The number of halogens is 6. The maximum Gasteiger partial charge on any atom is 0.461 e. The molecule has 1 aromatic heterocycles. The monoisotopic (exact) mass is 602 g/mol. The largest absolute Gasteiger partial charge is 0.461 e. The normalized spacial score (nSPS) is 11.8. The highest BCUT2D eigenvalue weighted by atomic mass is 35.5. The molecule has 0 bridgehead atoms. The first-order chi connectivity index (χ1) is 18.9. The van der Waals surface area contributed by atoms with Crippen LogP contribution in [0.25, 0.3) is 0 Å². The van der Waals surface area contributed by atoms with Gasteiger partial charge in [0.25, 0.3) is 0 Å². The summed E-state index contributed by atoms with van der Waals surface area (Å²) in [4.78, 5) is 24.8. The number of aromatic nitrogens is 1. The summed E-state index contributed by atoms with van der Waals surface area (Å²) in [5.41, 5.74) is 11.2. The standard InChI is InChI=1S/C15H11ClF5NO.C7H8.C6H13N3O2/c1-8(13-3-2-10(16)7-22-13)9-4-11(17)6-12(5-9)23-15(20,21)14(18)19;1-7-5-3-2-4-6-7;1-6(2,3-4(7)10)9-5(8)11/h2-8,14H,1H3;2-6H,1H3;3H2,1-2H3,(H2,7,10)(H3,8,9,11)/t8-;;/m0../s1. The summed E-state index contributed by atoms with van der Waals surface area (Å²) >= 11 is 5.72. The molecule has 0 saturated heterocycles. The summed E-state index contributed by atoms with van der Waals surface area (Å²) < 4.78 is 67.7. The van der Waals surface area contributed by atoms with E-state index in [0.29, 0.717) is 16.8 Å². The molecule has 1 atom stereocenters. The van der Waals surface area contributed by atoms with E-state index in [9.17, 15) is 31.5 Å². The molecule has 0 radical (unpaired) electrons. The maximum absolute atomic E-state index is 13.6. The molecule has 13 heteroatoms. The molecular formula is C28H32ClF5N4O3. The van der Waals surface area contributed by atoms with Gasteiger partial charge in [0.15, 0.2) is 0 Å². The number of amides is 3. The smallest absolute Gasteiger partial charge is 0.428 e. The predicted octanol–water partition coefficient (Wildman–Crippen LogP) is 6.57. The third kappa shape index (κ3) is 13.8. The second-order valence-corrected chi connectivity index (χ2v) is 9.92. The zero-order valence-electron chi connectivity index (χ0n) is 22.8. The average molecular weight is 603 g/mol. The van der Waals surface area contributed by atoms with Gasteiger partial charge in [-0.25, -0.2) is 9.18 Å². The highest BCUT2D eigenvalue weighted by molar-refractivity contribution is 6.30. The van der Waals surface area contributed by atoms with Crippen LogP contribution in [0.15, 0.2) is 66.9 Å². The van der Waals surface area contributed by atoms with Gasteiger partial charge in [-0.1, -0.05) is 54.4 Å². The summed E-state index contributed by atoms with van der Waals surface area (Å²) in [5, 5.41) is 2.79. The maximum atomic E-state index is 13.6. The molecule has 0 aliphatic carbocycles. The lowest BCUT2D eigenvalue weighted by Gasteiger charge is -2.22. The molecule has 0 aliphatic heterocycles. The van der Waals surface area contributed by atoms with Crippen molar-refractivity contribution in [1.82, 2.24) is 10.3 Å².